The van der Waals surface area contributed by atoms with E-state index in [9.17, 15) is 34.9 Å². The fourth-order valence-corrected chi connectivity index (χ4v) is 6.44. The minimum Gasteiger partial charge on any atom is -0.393 e. The zero-order chi connectivity index (χ0) is 25.8. The minimum atomic E-state index is -4.73. The van der Waals surface area contributed by atoms with Gasteiger partial charge in [-0.1, -0.05) is 18.0 Å². The molecule has 2 aliphatic heterocycles. The summed E-state index contributed by atoms with van der Waals surface area (Å²) >= 11 is 6.44. The second-order valence-electron chi connectivity index (χ2n) is 9.66. The van der Waals surface area contributed by atoms with E-state index in [1.54, 1.807) is 12.3 Å². The molecule has 0 spiro atoms. The van der Waals surface area contributed by atoms with Crippen molar-refractivity contribution in [1.29, 1.82) is 5.26 Å². The zero-order valence-corrected chi connectivity index (χ0v) is 20.9. The third kappa shape index (κ3) is 4.43. The number of nitriles is 1. The number of halogens is 1. The molecule has 3 aliphatic rings. The predicted molar refractivity (Wildman–Crippen MR) is 127 cm³/mol. The summed E-state index contributed by atoms with van der Waals surface area (Å²) in [5.41, 5.74) is 1.35. The fourth-order valence-electron chi connectivity index (χ4n) is 5.73. The van der Waals surface area contributed by atoms with Crippen molar-refractivity contribution in [2.75, 3.05) is 31.2 Å². The van der Waals surface area contributed by atoms with E-state index in [1.807, 2.05) is 0 Å². The van der Waals surface area contributed by atoms with Crippen LogP contribution in [0.5, 0.6) is 0 Å². The summed E-state index contributed by atoms with van der Waals surface area (Å²) in [6.07, 6.45) is 0.0893. The molecule has 5 N–H and O–H groups in total. The molecule has 5 rings (SSSR count). The van der Waals surface area contributed by atoms with E-state index in [1.165, 1.54) is 11.0 Å². The van der Waals surface area contributed by atoms with E-state index in [-0.39, 0.29) is 10.7 Å². The van der Waals surface area contributed by atoms with Crippen molar-refractivity contribution in [3.05, 3.63) is 23.0 Å². The number of aliphatic hydroxyl groups is 3. The number of ether oxygens (including phenoxy) is 2. The van der Waals surface area contributed by atoms with Crippen molar-refractivity contribution in [2.45, 2.75) is 49.6 Å². The van der Waals surface area contributed by atoms with Crippen molar-refractivity contribution >= 4 is 35.9 Å². The van der Waals surface area contributed by atoms with Gasteiger partial charge >= 0.3 is 7.60 Å². The van der Waals surface area contributed by atoms with Gasteiger partial charge < -0.3 is 44.0 Å². The van der Waals surface area contributed by atoms with Crippen LogP contribution in [0.15, 0.2) is 12.3 Å². The lowest BCUT2D eigenvalue weighted by molar-refractivity contribution is -0.0773. The van der Waals surface area contributed by atoms with Crippen LogP contribution < -0.4 is 4.90 Å². The van der Waals surface area contributed by atoms with Crippen LogP contribution in [0.4, 0.5) is 5.69 Å². The molecule has 0 aromatic carbocycles. The maximum atomic E-state index is 11.4. The summed E-state index contributed by atoms with van der Waals surface area (Å²) in [6.45, 7) is 0.253. The Balaban J connectivity index is 1.44. The second-order valence-corrected chi connectivity index (χ2v) is 11.8. The minimum absolute atomic E-state index is 0.0253. The first-order valence-electron chi connectivity index (χ1n) is 11.8. The lowest BCUT2D eigenvalue weighted by atomic mass is 10.0. The molecule has 2 aromatic heterocycles. The third-order valence-corrected chi connectivity index (χ3v) is 8.88. The van der Waals surface area contributed by atoms with Gasteiger partial charge in [0.15, 0.2) is 17.2 Å². The van der Waals surface area contributed by atoms with Gasteiger partial charge in [-0.05, 0) is 30.7 Å². The first-order valence-corrected chi connectivity index (χ1v) is 13.8. The molecule has 14 heteroatoms. The van der Waals surface area contributed by atoms with Crippen LogP contribution in [0.25, 0.3) is 11.0 Å². The zero-order valence-electron chi connectivity index (χ0n) is 19.2. The summed E-state index contributed by atoms with van der Waals surface area (Å²) in [4.78, 5) is 25.1. The Morgan fingerprint density at radius 3 is 2.58 bits per heavy atom. The number of rotatable bonds is 7. The highest BCUT2D eigenvalue weighted by Crippen LogP contribution is 2.45. The highest BCUT2D eigenvalue weighted by atomic mass is 35.5. The Hall–Kier alpha value is -1.78. The highest BCUT2D eigenvalue weighted by Gasteiger charge is 2.45. The molecule has 4 heterocycles. The Bertz CT molecular complexity index is 1220. The van der Waals surface area contributed by atoms with Gasteiger partial charge in [-0.15, -0.1) is 0 Å². The van der Waals surface area contributed by atoms with Crippen LogP contribution in [-0.4, -0.2) is 85.1 Å². The Labute approximate surface area is 211 Å². The summed E-state index contributed by atoms with van der Waals surface area (Å²) < 4.78 is 23.8. The number of fused-ring (bicyclic) bond motifs is 2. The molecule has 7 atom stereocenters. The number of pyridine rings is 1. The molecule has 36 heavy (non-hydrogen) atoms. The summed E-state index contributed by atoms with van der Waals surface area (Å²) in [5, 5.41) is 41.0. The van der Waals surface area contributed by atoms with E-state index in [2.05, 4.69) is 16.0 Å². The molecule has 1 aliphatic carbocycles. The smallest absolute Gasteiger partial charge is 0.356 e. The standard InChI is InChI=1S/C22H28ClN4O8P/c23-20-14(6-24)17(26-7-11-2-1-3-12(11)8-26)13-4-5-27(21(13)25-20)22-19(30)18(29)15(35-22)10-34-16(9-28)36(31,32)33/h4-5,11-12,15-16,18-19,22,28-30H,1-3,7-10H2,(H2,31,32,33)/t11?,12?,15-,16?,18-,19-,22-/m1/s1. The van der Waals surface area contributed by atoms with E-state index < -0.39 is 51.2 Å². The molecule has 2 aromatic rings. The molecule has 3 unspecified atom stereocenters. The average Bonchev–Trinajstić information content (AvgIpc) is 3.58. The molecule has 12 nitrogen and oxygen atoms in total. The van der Waals surface area contributed by atoms with Crippen LogP contribution in [0, 0.1) is 23.2 Å². The average molecular weight is 543 g/mol. The Morgan fingerprint density at radius 1 is 1.28 bits per heavy atom. The molecule has 3 fully saturated rings. The Kier molecular flexibility index (Phi) is 7.06. The first kappa shape index (κ1) is 25.9. The molecule has 0 bridgehead atoms. The van der Waals surface area contributed by atoms with E-state index in [0.717, 1.165) is 25.9 Å². The molecule has 196 valence electrons. The van der Waals surface area contributed by atoms with Gasteiger partial charge in [-0.25, -0.2) is 4.98 Å². The number of hydrogen-bond donors (Lipinski definition) is 5. The number of hydrogen-bond acceptors (Lipinski definition) is 9. The highest BCUT2D eigenvalue weighted by molar-refractivity contribution is 7.52. The van der Waals surface area contributed by atoms with Crippen LogP contribution in [0.2, 0.25) is 5.15 Å². The predicted octanol–water partition coefficient (Wildman–Crippen LogP) is 0.930. The second kappa shape index (κ2) is 9.83. The van der Waals surface area contributed by atoms with Crippen molar-refractivity contribution in [3.63, 3.8) is 0 Å². The number of aliphatic hydroxyl groups excluding tert-OH is 3. The van der Waals surface area contributed by atoms with E-state index in [4.69, 9.17) is 21.1 Å². The van der Waals surface area contributed by atoms with Gasteiger partial charge in [-0.2, -0.15) is 5.26 Å². The molecular weight excluding hydrogens is 515 g/mol. The monoisotopic (exact) mass is 542 g/mol. The lowest BCUT2D eigenvalue weighted by Crippen LogP contribution is -2.35. The number of nitrogens with zero attached hydrogens (tertiary/aromatic N) is 4. The van der Waals surface area contributed by atoms with Gasteiger partial charge in [0.05, 0.1) is 18.9 Å². The first-order chi connectivity index (χ1) is 17.1. The largest absolute Gasteiger partial charge is 0.393 e. The van der Waals surface area contributed by atoms with Crippen molar-refractivity contribution in [1.82, 2.24) is 9.55 Å². The van der Waals surface area contributed by atoms with Crippen molar-refractivity contribution < 1.29 is 39.1 Å². The quantitative estimate of drug-likeness (QED) is 0.248. The molecule has 0 amide bonds. The summed E-state index contributed by atoms with van der Waals surface area (Å²) in [6, 6.07) is 3.95. The van der Waals surface area contributed by atoms with Gasteiger partial charge in [-0.3, -0.25) is 4.57 Å². The fraction of sp³-hybridized carbons (Fsp3) is 0.636. The Morgan fingerprint density at radius 2 is 1.97 bits per heavy atom. The van der Waals surface area contributed by atoms with Crippen LogP contribution in [-0.2, 0) is 14.0 Å². The third-order valence-electron chi connectivity index (χ3n) is 7.54. The SMILES string of the molecule is N#Cc1c(Cl)nc2c(ccn2[C@@H]2O[C@H](COC(CO)P(=O)(O)O)[C@@H](O)[C@H]2O)c1N1CC2CCCC2C1. The van der Waals surface area contributed by atoms with E-state index >= 15 is 0 Å². The summed E-state index contributed by atoms with van der Waals surface area (Å²) in [7, 11) is -4.73. The van der Waals surface area contributed by atoms with Gasteiger partial charge in [0.1, 0.15) is 35.6 Å². The summed E-state index contributed by atoms with van der Waals surface area (Å²) in [5.74, 6) is -0.621. The van der Waals surface area contributed by atoms with Crippen LogP contribution in [0.3, 0.4) is 0 Å². The van der Waals surface area contributed by atoms with Crippen molar-refractivity contribution in [3.8, 4) is 6.07 Å². The normalized spacial score (nSPS) is 31.2. The molecule has 1 saturated carbocycles. The maximum Gasteiger partial charge on any atom is 0.356 e. The topological polar surface area (TPSA) is 182 Å². The van der Waals surface area contributed by atoms with E-state index in [0.29, 0.717) is 28.6 Å². The molecule has 0 radical (unpaired) electrons. The molecular formula is C22H28ClN4O8P. The van der Waals surface area contributed by atoms with Gasteiger partial charge in [0.25, 0.3) is 0 Å². The maximum absolute atomic E-state index is 11.4. The lowest BCUT2D eigenvalue weighted by Gasteiger charge is -2.23. The van der Waals surface area contributed by atoms with Crippen molar-refractivity contribution in [2.24, 2.45) is 11.8 Å². The number of anilines is 1. The number of aromatic nitrogens is 2. The van der Waals surface area contributed by atoms with Crippen LogP contribution >= 0.6 is 19.2 Å². The van der Waals surface area contributed by atoms with Crippen LogP contribution in [0.1, 0.15) is 31.1 Å². The molecule has 2 saturated heterocycles. The van der Waals surface area contributed by atoms with Gasteiger partial charge in [0, 0.05) is 24.7 Å². The van der Waals surface area contributed by atoms with Gasteiger partial charge in [0.2, 0.25) is 0 Å².